The number of hydrogen-bond acceptors (Lipinski definition) is 6. The zero-order chi connectivity index (χ0) is 14.2. The van der Waals surface area contributed by atoms with Crippen molar-refractivity contribution >= 4 is 16.3 Å². The molecule has 0 amide bonds. The van der Waals surface area contributed by atoms with E-state index in [1.165, 1.54) is 11.1 Å². The van der Waals surface area contributed by atoms with E-state index >= 15 is 0 Å². The van der Waals surface area contributed by atoms with Gasteiger partial charge in [0.05, 0.1) is 6.04 Å². The van der Waals surface area contributed by atoms with Gasteiger partial charge >= 0.3 is 0 Å². The fraction of sp³-hybridized carbons (Fsp3) is 0.357. The van der Waals surface area contributed by atoms with Crippen LogP contribution in [0.2, 0.25) is 0 Å². The summed E-state index contributed by atoms with van der Waals surface area (Å²) in [5.41, 5.74) is 2.70. The summed E-state index contributed by atoms with van der Waals surface area (Å²) < 4.78 is 6.91. The molecule has 7 heteroatoms. The van der Waals surface area contributed by atoms with Gasteiger partial charge in [0.15, 0.2) is 5.82 Å². The Kier molecular flexibility index (Phi) is 3.17. The van der Waals surface area contributed by atoms with Crippen LogP contribution in [0.3, 0.4) is 0 Å². The van der Waals surface area contributed by atoms with Gasteiger partial charge in [-0.2, -0.15) is 9.61 Å². The highest BCUT2D eigenvalue weighted by atomic mass is 32.1. The zero-order valence-electron chi connectivity index (χ0n) is 11.6. The second-order valence-corrected chi connectivity index (χ2v) is 6.01. The van der Waals surface area contributed by atoms with E-state index in [1.54, 1.807) is 23.0 Å². The Morgan fingerprint density at radius 1 is 1.38 bits per heavy atom. The zero-order valence-corrected chi connectivity index (χ0v) is 12.4. The second kappa shape index (κ2) is 5.18. The van der Waals surface area contributed by atoms with Crippen molar-refractivity contribution in [3.63, 3.8) is 0 Å². The van der Waals surface area contributed by atoms with Gasteiger partial charge in [-0.05, 0) is 17.5 Å². The van der Waals surface area contributed by atoms with E-state index < -0.39 is 0 Å². The molecule has 0 aliphatic carbocycles. The molecule has 0 saturated heterocycles. The average Bonchev–Trinajstić information content (AvgIpc) is 3.09. The lowest BCUT2D eigenvalue weighted by Crippen LogP contribution is -2.30. The molecule has 0 bridgehead atoms. The fourth-order valence-corrected chi connectivity index (χ4v) is 3.68. The van der Waals surface area contributed by atoms with Gasteiger partial charge in [-0.1, -0.05) is 35.6 Å². The molecule has 1 aromatic carbocycles. The van der Waals surface area contributed by atoms with Crippen molar-refractivity contribution in [3.8, 4) is 0 Å². The largest absolute Gasteiger partial charge is 0.377 e. The molecule has 1 aliphatic rings. The van der Waals surface area contributed by atoms with Crippen molar-refractivity contribution in [1.29, 1.82) is 0 Å². The van der Waals surface area contributed by atoms with Crippen molar-refractivity contribution in [2.24, 2.45) is 0 Å². The van der Waals surface area contributed by atoms with Gasteiger partial charge in [-0.15, -0.1) is 10.2 Å². The normalized spacial score (nSPS) is 18.0. The first kappa shape index (κ1) is 12.9. The van der Waals surface area contributed by atoms with E-state index in [0.717, 1.165) is 28.8 Å². The van der Waals surface area contributed by atoms with Gasteiger partial charge in [0.25, 0.3) is 0 Å². The second-order valence-electron chi connectivity index (χ2n) is 5.02. The summed E-state index contributed by atoms with van der Waals surface area (Å²) in [5, 5.41) is 17.5. The summed E-state index contributed by atoms with van der Waals surface area (Å²) in [5.74, 6) is 0.735. The molecular weight excluding hydrogens is 286 g/mol. The first-order valence-corrected chi connectivity index (χ1v) is 7.69. The van der Waals surface area contributed by atoms with Gasteiger partial charge in [-0.3, -0.25) is 0 Å². The van der Waals surface area contributed by atoms with Crippen LogP contribution in [-0.2, 0) is 17.8 Å². The highest BCUT2D eigenvalue weighted by molar-refractivity contribution is 7.16. The standard InChI is InChI=1S/C14H15N5OS/c1-20-8-11-16-17-14-19(11)18-13(21-14)12-10-5-3-2-4-9(10)6-7-15-12/h2-5,12,15H,6-8H2,1H3. The van der Waals surface area contributed by atoms with Crippen LogP contribution < -0.4 is 5.32 Å². The fourth-order valence-electron chi connectivity index (χ4n) is 2.73. The monoisotopic (exact) mass is 301 g/mol. The Bertz CT molecular complexity index is 781. The third kappa shape index (κ3) is 2.14. The molecule has 0 fully saturated rings. The van der Waals surface area contributed by atoms with E-state index in [9.17, 15) is 0 Å². The minimum absolute atomic E-state index is 0.136. The summed E-state index contributed by atoms with van der Waals surface area (Å²) in [4.78, 5) is 0.807. The summed E-state index contributed by atoms with van der Waals surface area (Å²) in [6.07, 6.45) is 1.06. The van der Waals surface area contributed by atoms with E-state index in [0.29, 0.717) is 6.61 Å². The summed E-state index contributed by atoms with van der Waals surface area (Å²) in [6, 6.07) is 8.67. The molecule has 1 N–H and O–H groups in total. The molecule has 1 atom stereocenters. The van der Waals surface area contributed by atoms with Gasteiger partial charge < -0.3 is 10.1 Å². The molecule has 21 heavy (non-hydrogen) atoms. The number of ether oxygens (including phenoxy) is 1. The number of aromatic nitrogens is 4. The molecule has 0 saturated carbocycles. The van der Waals surface area contributed by atoms with Crippen molar-refractivity contribution < 1.29 is 4.74 Å². The summed E-state index contributed by atoms with van der Waals surface area (Å²) in [6.45, 7) is 1.38. The highest BCUT2D eigenvalue weighted by Crippen LogP contribution is 2.31. The van der Waals surface area contributed by atoms with E-state index in [2.05, 4.69) is 44.9 Å². The van der Waals surface area contributed by atoms with Crippen molar-refractivity contribution in [2.75, 3.05) is 13.7 Å². The molecular formula is C14H15N5OS. The van der Waals surface area contributed by atoms with Crippen LogP contribution in [0.25, 0.3) is 4.96 Å². The lowest BCUT2D eigenvalue weighted by atomic mass is 9.95. The molecule has 4 rings (SSSR count). The van der Waals surface area contributed by atoms with Gasteiger partial charge in [0.1, 0.15) is 11.6 Å². The minimum Gasteiger partial charge on any atom is -0.377 e. The molecule has 0 radical (unpaired) electrons. The Balaban J connectivity index is 1.77. The maximum absolute atomic E-state index is 5.13. The summed E-state index contributed by atoms with van der Waals surface area (Å²) >= 11 is 1.57. The number of nitrogens with one attached hydrogen (secondary N) is 1. The van der Waals surface area contributed by atoms with E-state index in [-0.39, 0.29) is 6.04 Å². The number of methoxy groups -OCH3 is 1. The smallest absolute Gasteiger partial charge is 0.234 e. The molecule has 0 spiro atoms. The van der Waals surface area contributed by atoms with Crippen LogP contribution in [0.1, 0.15) is 28.0 Å². The number of benzene rings is 1. The lowest BCUT2D eigenvalue weighted by molar-refractivity contribution is 0.176. The van der Waals surface area contributed by atoms with Crippen LogP contribution in [0.4, 0.5) is 0 Å². The van der Waals surface area contributed by atoms with Gasteiger partial charge in [0.2, 0.25) is 4.96 Å². The Morgan fingerprint density at radius 2 is 2.29 bits per heavy atom. The van der Waals surface area contributed by atoms with Gasteiger partial charge in [-0.25, -0.2) is 0 Å². The summed E-state index contributed by atoms with van der Waals surface area (Å²) in [7, 11) is 1.65. The predicted octanol–water partition coefficient (Wildman–Crippen LogP) is 1.57. The quantitative estimate of drug-likeness (QED) is 0.795. The highest BCUT2D eigenvalue weighted by Gasteiger charge is 2.25. The van der Waals surface area contributed by atoms with Crippen LogP contribution in [0.5, 0.6) is 0 Å². The van der Waals surface area contributed by atoms with Crippen LogP contribution in [-0.4, -0.2) is 33.5 Å². The molecule has 1 aliphatic heterocycles. The molecule has 2 aromatic heterocycles. The van der Waals surface area contributed by atoms with E-state index in [4.69, 9.17) is 4.74 Å². The van der Waals surface area contributed by atoms with Crippen LogP contribution >= 0.6 is 11.3 Å². The maximum Gasteiger partial charge on any atom is 0.234 e. The Labute approximate surface area is 125 Å². The van der Waals surface area contributed by atoms with Crippen molar-refractivity contribution in [3.05, 3.63) is 46.2 Å². The SMILES string of the molecule is COCc1nnc2sc(C3NCCc4ccccc43)nn12. The number of hydrogen-bond donors (Lipinski definition) is 1. The average molecular weight is 301 g/mol. The Morgan fingerprint density at radius 3 is 3.19 bits per heavy atom. The number of nitrogens with zero attached hydrogens (tertiary/aromatic N) is 4. The van der Waals surface area contributed by atoms with Crippen molar-refractivity contribution in [1.82, 2.24) is 25.1 Å². The molecule has 6 nitrogen and oxygen atoms in total. The third-order valence-corrected chi connectivity index (χ3v) is 4.66. The molecule has 108 valence electrons. The third-order valence-electron chi connectivity index (χ3n) is 3.70. The van der Waals surface area contributed by atoms with E-state index in [1.807, 2.05) is 0 Å². The maximum atomic E-state index is 5.13. The molecule has 3 aromatic rings. The lowest BCUT2D eigenvalue weighted by Gasteiger charge is -2.24. The topological polar surface area (TPSA) is 64.3 Å². The van der Waals surface area contributed by atoms with Gasteiger partial charge in [0, 0.05) is 13.7 Å². The van der Waals surface area contributed by atoms with Crippen LogP contribution in [0.15, 0.2) is 24.3 Å². The first-order valence-electron chi connectivity index (χ1n) is 6.88. The Hall–Kier alpha value is -1.83. The number of rotatable bonds is 3. The van der Waals surface area contributed by atoms with Crippen molar-refractivity contribution in [2.45, 2.75) is 19.1 Å². The minimum atomic E-state index is 0.136. The number of fused-ring (bicyclic) bond motifs is 2. The first-order chi connectivity index (χ1) is 10.4. The molecule has 3 heterocycles. The predicted molar refractivity (Wildman–Crippen MR) is 79.4 cm³/mol. The van der Waals surface area contributed by atoms with Crippen LogP contribution in [0, 0.1) is 0 Å². The molecule has 1 unspecified atom stereocenters.